The summed E-state index contributed by atoms with van der Waals surface area (Å²) in [4.78, 5) is 16.2. The smallest absolute Gasteiger partial charge is 0.356 e. The summed E-state index contributed by atoms with van der Waals surface area (Å²) in [6.07, 6.45) is 0. The van der Waals surface area contributed by atoms with Crippen molar-refractivity contribution in [2.45, 2.75) is 20.5 Å². The standard InChI is InChI=1S/C20H19NO3/c1-13-8-9-15(14(2)10-13)12-24-19-11-18(20(22)23-3)21-17-7-5-4-6-16(17)19/h4-11H,12H2,1-3H3. The van der Waals surface area contributed by atoms with Gasteiger partial charge in [0.25, 0.3) is 0 Å². The highest BCUT2D eigenvalue weighted by Gasteiger charge is 2.13. The van der Waals surface area contributed by atoms with E-state index in [0.717, 1.165) is 10.9 Å². The monoisotopic (exact) mass is 321 g/mol. The number of aryl methyl sites for hydroxylation is 2. The van der Waals surface area contributed by atoms with Crippen LogP contribution in [-0.2, 0) is 11.3 Å². The Morgan fingerprint density at radius 3 is 2.62 bits per heavy atom. The van der Waals surface area contributed by atoms with E-state index in [-0.39, 0.29) is 5.69 Å². The van der Waals surface area contributed by atoms with Crippen LogP contribution in [0.1, 0.15) is 27.2 Å². The number of methoxy groups -OCH3 is 1. The van der Waals surface area contributed by atoms with Crippen LogP contribution in [0.2, 0.25) is 0 Å². The van der Waals surface area contributed by atoms with Gasteiger partial charge in [0.15, 0.2) is 5.69 Å². The molecule has 0 aliphatic heterocycles. The molecule has 0 fully saturated rings. The van der Waals surface area contributed by atoms with Crippen LogP contribution < -0.4 is 4.74 Å². The minimum absolute atomic E-state index is 0.242. The number of para-hydroxylation sites is 1. The Kier molecular flexibility index (Phi) is 4.47. The van der Waals surface area contributed by atoms with Crippen molar-refractivity contribution in [3.05, 3.63) is 70.9 Å². The third-order valence-corrected chi connectivity index (χ3v) is 3.95. The van der Waals surface area contributed by atoms with Crippen molar-refractivity contribution >= 4 is 16.9 Å². The molecule has 0 unspecified atom stereocenters. The first-order chi connectivity index (χ1) is 11.6. The lowest BCUT2D eigenvalue weighted by atomic mass is 10.1. The third-order valence-electron chi connectivity index (χ3n) is 3.95. The van der Waals surface area contributed by atoms with Gasteiger partial charge in [0.1, 0.15) is 12.4 Å². The first-order valence-electron chi connectivity index (χ1n) is 7.75. The van der Waals surface area contributed by atoms with Gasteiger partial charge in [-0.3, -0.25) is 0 Å². The van der Waals surface area contributed by atoms with Gasteiger partial charge in [-0.1, -0.05) is 35.9 Å². The second-order valence-electron chi connectivity index (χ2n) is 5.73. The molecule has 0 saturated heterocycles. The molecule has 0 amide bonds. The number of aromatic nitrogens is 1. The third kappa shape index (κ3) is 3.23. The van der Waals surface area contributed by atoms with E-state index in [4.69, 9.17) is 9.47 Å². The average Bonchev–Trinajstić information content (AvgIpc) is 2.59. The topological polar surface area (TPSA) is 48.4 Å². The van der Waals surface area contributed by atoms with Crippen molar-refractivity contribution in [3.8, 4) is 5.75 Å². The van der Waals surface area contributed by atoms with Gasteiger partial charge >= 0.3 is 5.97 Å². The molecule has 3 aromatic rings. The van der Waals surface area contributed by atoms with Gasteiger partial charge in [0.05, 0.1) is 12.6 Å². The maximum Gasteiger partial charge on any atom is 0.356 e. The number of hydrogen-bond donors (Lipinski definition) is 0. The molecule has 122 valence electrons. The zero-order valence-electron chi connectivity index (χ0n) is 14.0. The van der Waals surface area contributed by atoms with E-state index in [1.807, 2.05) is 24.3 Å². The van der Waals surface area contributed by atoms with E-state index in [9.17, 15) is 4.79 Å². The Morgan fingerprint density at radius 1 is 1.08 bits per heavy atom. The highest BCUT2D eigenvalue weighted by atomic mass is 16.5. The molecule has 0 aliphatic rings. The number of carbonyl (C=O) groups excluding carboxylic acids is 1. The number of fused-ring (bicyclic) bond motifs is 1. The largest absolute Gasteiger partial charge is 0.488 e. The minimum atomic E-state index is -0.475. The molecular formula is C20H19NO3. The number of ether oxygens (including phenoxy) is 2. The molecule has 4 nitrogen and oxygen atoms in total. The molecule has 4 heteroatoms. The molecule has 1 heterocycles. The number of pyridine rings is 1. The normalized spacial score (nSPS) is 10.6. The SMILES string of the molecule is COC(=O)c1cc(OCc2ccc(C)cc2C)c2ccccc2n1. The molecule has 1 aromatic heterocycles. The van der Waals surface area contributed by atoms with Crippen molar-refractivity contribution in [2.24, 2.45) is 0 Å². The second-order valence-corrected chi connectivity index (χ2v) is 5.73. The molecule has 0 atom stereocenters. The van der Waals surface area contributed by atoms with Crippen LogP contribution in [0.25, 0.3) is 10.9 Å². The van der Waals surface area contributed by atoms with E-state index in [2.05, 4.69) is 37.0 Å². The Balaban J connectivity index is 1.96. The van der Waals surface area contributed by atoms with Crippen molar-refractivity contribution in [1.29, 1.82) is 0 Å². The number of nitrogens with zero attached hydrogens (tertiary/aromatic N) is 1. The van der Waals surface area contributed by atoms with E-state index >= 15 is 0 Å². The number of esters is 1. The molecule has 0 radical (unpaired) electrons. The molecule has 0 N–H and O–H groups in total. The number of benzene rings is 2. The lowest BCUT2D eigenvalue weighted by Gasteiger charge is -2.12. The first-order valence-corrected chi connectivity index (χ1v) is 7.75. The van der Waals surface area contributed by atoms with E-state index in [0.29, 0.717) is 17.9 Å². The fraction of sp³-hybridized carbons (Fsp3) is 0.200. The van der Waals surface area contributed by atoms with Gasteiger partial charge in [-0.25, -0.2) is 9.78 Å². The highest BCUT2D eigenvalue weighted by molar-refractivity contribution is 5.94. The fourth-order valence-electron chi connectivity index (χ4n) is 2.64. The summed E-state index contributed by atoms with van der Waals surface area (Å²) in [5, 5.41) is 0.870. The van der Waals surface area contributed by atoms with Gasteiger partial charge in [0.2, 0.25) is 0 Å². The Labute approximate surface area is 141 Å². The van der Waals surface area contributed by atoms with Gasteiger partial charge in [-0.15, -0.1) is 0 Å². The predicted molar refractivity (Wildman–Crippen MR) is 93.3 cm³/mol. The summed E-state index contributed by atoms with van der Waals surface area (Å²) < 4.78 is 10.8. The van der Waals surface area contributed by atoms with Crippen molar-refractivity contribution in [1.82, 2.24) is 4.98 Å². The summed E-state index contributed by atoms with van der Waals surface area (Å²) >= 11 is 0. The molecule has 24 heavy (non-hydrogen) atoms. The molecule has 3 rings (SSSR count). The van der Waals surface area contributed by atoms with Crippen LogP contribution in [0.15, 0.2) is 48.5 Å². The molecule has 0 bridgehead atoms. The average molecular weight is 321 g/mol. The predicted octanol–water partition coefficient (Wildman–Crippen LogP) is 4.22. The van der Waals surface area contributed by atoms with Crippen molar-refractivity contribution in [2.75, 3.05) is 7.11 Å². The molecule has 0 spiro atoms. The lowest BCUT2D eigenvalue weighted by molar-refractivity contribution is 0.0594. The van der Waals surface area contributed by atoms with Crippen LogP contribution in [0.5, 0.6) is 5.75 Å². The van der Waals surface area contributed by atoms with Crippen LogP contribution in [0.3, 0.4) is 0 Å². The summed E-state index contributed by atoms with van der Waals surface area (Å²) in [6.45, 7) is 4.56. The van der Waals surface area contributed by atoms with Crippen LogP contribution in [0, 0.1) is 13.8 Å². The lowest BCUT2D eigenvalue weighted by Crippen LogP contribution is -2.06. The molecule has 2 aromatic carbocycles. The minimum Gasteiger partial charge on any atom is -0.488 e. The summed E-state index contributed by atoms with van der Waals surface area (Å²) in [5.74, 6) is 0.151. The van der Waals surface area contributed by atoms with Crippen LogP contribution >= 0.6 is 0 Å². The summed E-state index contributed by atoms with van der Waals surface area (Å²) in [5.41, 5.74) is 4.46. The first kappa shape index (κ1) is 16.0. The van der Waals surface area contributed by atoms with Gasteiger partial charge < -0.3 is 9.47 Å². The molecular weight excluding hydrogens is 302 g/mol. The van der Waals surface area contributed by atoms with E-state index in [1.165, 1.54) is 18.2 Å². The number of hydrogen-bond acceptors (Lipinski definition) is 4. The van der Waals surface area contributed by atoms with Gasteiger partial charge in [-0.05, 0) is 37.1 Å². The number of carbonyl (C=O) groups is 1. The zero-order valence-corrected chi connectivity index (χ0v) is 14.0. The second kappa shape index (κ2) is 6.71. The summed E-state index contributed by atoms with van der Waals surface area (Å²) in [7, 11) is 1.34. The Hall–Kier alpha value is -2.88. The van der Waals surface area contributed by atoms with Crippen molar-refractivity contribution < 1.29 is 14.3 Å². The molecule has 0 saturated carbocycles. The van der Waals surface area contributed by atoms with Gasteiger partial charge in [0, 0.05) is 11.5 Å². The maximum absolute atomic E-state index is 11.8. The zero-order chi connectivity index (χ0) is 17.1. The van der Waals surface area contributed by atoms with E-state index < -0.39 is 5.97 Å². The number of rotatable bonds is 4. The maximum atomic E-state index is 11.8. The highest BCUT2D eigenvalue weighted by Crippen LogP contribution is 2.27. The molecule has 0 aliphatic carbocycles. The summed E-state index contributed by atoms with van der Waals surface area (Å²) in [6, 6.07) is 15.5. The van der Waals surface area contributed by atoms with E-state index in [1.54, 1.807) is 6.07 Å². The van der Waals surface area contributed by atoms with Crippen LogP contribution in [-0.4, -0.2) is 18.1 Å². The quantitative estimate of drug-likeness (QED) is 0.675. The fourth-order valence-corrected chi connectivity index (χ4v) is 2.64. The Bertz CT molecular complexity index is 903. The van der Waals surface area contributed by atoms with Gasteiger partial charge in [-0.2, -0.15) is 0 Å². The Morgan fingerprint density at radius 2 is 1.88 bits per heavy atom. The van der Waals surface area contributed by atoms with Crippen molar-refractivity contribution in [3.63, 3.8) is 0 Å². The van der Waals surface area contributed by atoms with Crippen LogP contribution in [0.4, 0.5) is 0 Å².